The summed E-state index contributed by atoms with van der Waals surface area (Å²) in [5, 5.41) is 6.14. The van der Waals surface area contributed by atoms with Crippen LogP contribution in [0.25, 0.3) is 0 Å². The average Bonchev–Trinajstić information content (AvgIpc) is 2.69. The van der Waals surface area contributed by atoms with Crippen LogP contribution in [0.2, 0.25) is 0 Å². The van der Waals surface area contributed by atoms with Gasteiger partial charge < -0.3 is 26.4 Å². The first-order valence-electron chi connectivity index (χ1n) is 10.1. The molecule has 0 bridgehead atoms. The van der Waals surface area contributed by atoms with Crippen molar-refractivity contribution in [3.63, 3.8) is 0 Å². The van der Waals surface area contributed by atoms with Crippen LogP contribution in [0.3, 0.4) is 0 Å². The van der Waals surface area contributed by atoms with E-state index in [1.54, 1.807) is 12.3 Å². The summed E-state index contributed by atoms with van der Waals surface area (Å²) in [5.74, 6) is 0.194. The monoisotopic (exact) mass is 442 g/mol. The number of hydrogen-bond acceptors (Lipinski definition) is 3. The second-order valence-electron chi connectivity index (χ2n) is 7.50. The first kappa shape index (κ1) is 27.3. The zero-order chi connectivity index (χ0) is 22.1. The number of anilines is 1. The van der Waals surface area contributed by atoms with Crippen molar-refractivity contribution in [1.29, 1.82) is 0 Å². The zero-order valence-electron chi connectivity index (χ0n) is 19.4. The Bertz CT molecular complexity index is 939. The van der Waals surface area contributed by atoms with Crippen LogP contribution >= 0.6 is 0 Å². The Morgan fingerprint density at radius 2 is 2.00 bits per heavy atom. The van der Waals surface area contributed by atoms with Crippen LogP contribution in [0.4, 0.5) is 5.69 Å². The molecule has 6 heteroatoms. The van der Waals surface area contributed by atoms with Gasteiger partial charge in [0.1, 0.15) is 7.05 Å². The summed E-state index contributed by atoms with van der Waals surface area (Å²) in [6.07, 6.45) is 12.0. The molecule has 31 heavy (non-hydrogen) atoms. The predicted molar refractivity (Wildman–Crippen MR) is 125 cm³/mol. The van der Waals surface area contributed by atoms with Gasteiger partial charge in [-0.05, 0) is 43.5 Å². The number of amides is 1. The Hall–Kier alpha value is -1.70. The van der Waals surface area contributed by atoms with E-state index in [-0.39, 0.29) is 63.3 Å². The molecule has 2 rings (SSSR count). The third-order valence-corrected chi connectivity index (χ3v) is 4.69. The first-order valence-corrected chi connectivity index (χ1v) is 10.1. The largest absolute Gasteiger partial charge is 1.00 e. The standard InChI is InChI=1S/C25H31N4O.K/c1-7-21(12-11-19(4)18(2)3)25(30)28-23-10-8-9-22(15-23)20(5)26-13-14-27-24-16-29(6)17-24;/h7-12,14-18,20,26H,4H2,1-3,5-6H3,(H,28,30);/q-1;+1/b12-11-,21-7+;. The topological polar surface area (TPSA) is 56.5 Å². The van der Waals surface area contributed by atoms with E-state index < -0.39 is 0 Å². The van der Waals surface area contributed by atoms with Gasteiger partial charge in [-0.1, -0.05) is 50.3 Å². The van der Waals surface area contributed by atoms with Gasteiger partial charge in [-0.25, -0.2) is 0 Å². The molecule has 1 aromatic rings. The number of nitrogens with zero attached hydrogens (tertiary/aromatic N) is 2. The number of benzene rings is 1. The molecule has 0 aliphatic carbocycles. The van der Waals surface area contributed by atoms with Crippen molar-refractivity contribution in [2.24, 2.45) is 10.9 Å². The fourth-order valence-electron chi connectivity index (χ4n) is 2.61. The van der Waals surface area contributed by atoms with Crippen LogP contribution in [0.15, 0.2) is 71.4 Å². The Labute approximate surface area is 229 Å². The zero-order valence-corrected chi connectivity index (χ0v) is 22.6. The van der Waals surface area contributed by atoms with Gasteiger partial charge in [0.2, 0.25) is 0 Å². The first-order chi connectivity index (χ1) is 14.3. The number of carbonyl (C=O) groups is 1. The van der Waals surface area contributed by atoms with Gasteiger partial charge in [0, 0.05) is 17.3 Å². The smallest absolute Gasteiger partial charge is 0.560 e. The summed E-state index contributed by atoms with van der Waals surface area (Å²) in [7, 11) is 1.95. The van der Waals surface area contributed by atoms with Crippen LogP contribution in [0, 0.1) is 18.7 Å². The summed E-state index contributed by atoms with van der Waals surface area (Å²) >= 11 is 0. The molecule has 1 aliphatic heterocycles. The molecule has 1 unspecified atom stereocenters. The molecule has 5 nitrogen and oxygen atoms in total. The normalized spacial score (nSPS) is 15.9. The van der Waals surface area contributed by atoms with Crippen molar-refractivity contribution in [2.75, 3.05) is 12.4 Å². The fraction of sp³-hybridized carbons (Fsp3) is 0.280. The van der Waals surface area contributed by atoms with E-state index >= 15 is 0 Å². The van der Waals surface area contributed by atoms with Crippen LogP contribution < -0.4 is 62.0 Å². The van der Waals surface area contributed by atoms with E-state index in [0.29, 0.717) is 11.5 Å². The fourth-order valence-corrected chi connectivity index (χ4v) is 2.61. The molecule has 0 saturated heterocycles. The second kappa shape index (κ2) is 13.7. The minimum absolute atomic E-state index is 0. The maximum atomic E-state index is 12.6. The van der Waals surface area contributed by atoms with E-state index in [4.69, 9.17) is 0 Å². The molecule has 1 atom stereocenters. The van der Waals surface area contributed by atoms with Gasteiger partial charge in [0.05, 0.1) is 18.5 Å². The van der Waals surface area contributed by atoms with Crippen molar-refractivity contribution >= 4 is 23.5 Å². The Kier molecular flexibility index (Phi) is 12.0. The molecular weight excluding hydrogens is 411 g/mol. The summed E-state index contributed by atoms with van der Waals surface area (Å²) in [5.41, 5.74) is 4.27. The van der Waals surface area contributed by atoms with E-state index in [1.807, 2.05) is 74.6 Å². The van der Waals surface area contributed by atoms with Crippen LogP contribution in [-0.2, 0) is 4.79 Å². The Morgan fingerprint density at radius 1 is 1.29 bits per heavy atom. The minimum Gasteiger partial charge on any atom is -0.560 e. The second-order valence-corrected chi connectivity index (χ2v) is 7.50. The number of aliphatic imine (C=N–C) groups is 1. The predicted octanol–water partition coefficient (Wildman–Crippen LogP) is 1.60. The van der Waals surface area contributed by atoms with Crippen molar-refractivity contribution in [1.82, 2.24) is 5.32 Å². The van der Waals surface area contributed by atoms with Crippen molar-refractivity contribution < 1.29 is 60.8 Å². The van der Waals surface area contributed by atoms with E-state index in [0.717, 1.165) is 22.5 Å². The molecule has 1 aliphatic rings. The van der Waals surface area contributed by atoms with Gasteiger partial charge in [0.15, 0.2) is 0 Å². The molecule has 1 heterocycles. The van der Waals surface area contributed by atoms with Gasteiger partial charge >= 0.3 is 51.4 Å². The van der Waals surface area contributed by atoms with Crippen molar-refractivity contribution in [3.05, 3.63) is 84.7 Å². The van der Waals surface area contributed by atoms with Crippen molar-refractivity contribution in [3.8, 4) is 0 Å². The van der Waals surface area contributed by atoms with Gasteiger partial charge in [-0.15, -0.1) is 6.20 Å². The average molecular weight is 443 g/mol. The SMILES string of the molecule is C=C(/C=C\C(=C/C)C(=O)Nc1cccc(C(C)N[C-]=CN=C2C=[N+](C)[CH-]2)c1)C(C)C.[K+]. The van der Waals surface area contributed by atoms with E-state index in [9.17, 15) is 4.79 Å². The van der Waals surface area contributed by atoms with Gasteiger partial charge in [-0.2, -0.15) is 0 Å². The Balaban J connectivity index is 0.00000480. The number of carbonyl (C=O) groups excluding carboxylic acids is 1. The summed E-state index contributed by atoms with van der Waals surface area (Å²) < 4.78 is 1.94. The van der Waals surface area contributed by atoms with Gasteiger partial charge in [0.25, 0.3) is 5.91 Å². The summed E-state index contributed by atoms with van der Waals surface area (Å²) in [6, 6.07) is 7.78. The number of hydrogen-bond donors (Lipinski definition) is 2. The third kappa shape index (κ3) is 9.13. The number of allylic oxidation sites excluding steroid dienone is 3. The summed E-state index contributed by atoms with van der Waals surface area (Å²) in [6.45, 7) is 14.0. The molecule has 158 valence electrons. The maximum Gasteiger partial charge on any atom is 1.00 e. The molecule has 0 spiro atoms. The maximum absolute atomic E-state index is 12.6. The minimum atomic E-state index is -0.150. The van der Waals surface area contributed by atoms with Crippen LogP contribution in [0.1, 0.15) is 39.3 Å². The molecule has 0 fully saturated rings. The third-order valence-electron chi connectivity index (χ3n) is 4.69. The quantitative estimate of drug-likeness (QED) is 0.152. The van der Waals surface area contributed by atoms with Crippen molar-refractivity contribution in [2.45, 2.75) is 33.7 Å². The Morgan fingerprint density at radius 3 is 2.61 bits per heavy atom. The number of rotatable bonds is 9. The molecular formula is C25H31KN4O. The molecule has 0 radical (unpaired) electrons. The van der Waals surface area contributed by atoms with Crippen LogP contribution in [-0.4, -0.2) is 29.5 Å². The molecule has 2 N–H and O–H groups in total. The van der Waals surface area contributed by atoms with E-state index in [1.165, 1.54) is 0 Å². The number of nitrogens with one attached hydrogen (secondary N) is 2. The van der Waals surface area contributed by atoms with Gasteiger partial charge in [-0.3, -0.25) is 4.79 Å². The molecule has 1 amide bonds. The molecule has 0 saturated carbocycles. The van der Waals surface area contributed by atoms with E-state index in [2.05, 4.69) is 42.3 Å². The molecule has 1 aromatic carbocycles. The van der Waals surface area contributed by atoms with Crippen LogP contribution in [0.5, 0.6) is 0 Å². The molecule has 0 aromatic heterocycles. The summed E-state index contributed by atoms with van der Waals surface area (Å²) in [4.78, 5) is 16.9.